The molecule has 0 saturated carbocycles. The zero-order chi connectivity index (χ0) is 56.1. The molecule has 0 fully saturated rings. The van der Waals surface area contributed by atoms with Crippen LogP contribution < -0.4 is 28.7 Å². The number of hydrogen-bond donors (Lipinski definition) is 0. The van der Waals surface area contributed by atoms with Crippen LogP contribution in [0.2, 0.25) is 0 Å². The van der Waals surface area contributed by atoms with Crippen molar-refractivity contribution in [2.75, 3.05) is 0 Å². The van der Waals surface area contributed by atoms with Crippen LogP contribution >= 0.6 is 16.8 Å². The molecule has 0 aliphatic heterocycles. The minimum Gasteiger partial charge on any atom is -0.435 e. The van der Waals surface area contributed by atoms with E-state index in [1.165, 1.54) is 55.6 Å². The van der Waals surface area contributed by atoms with E-state index >= 15 is 0 Å². The Morgan fingerprint density at radius 3 is 0.627 bits per heavy atom. The van der Waals surface area contributed by atoms with E-state index in [0.717, 1.165) is 40.0 Å². The predicted octanol–water partition coefficient (Wildman–Crippen LogP) is 19.8. The summed E-state index contributed by atoms with van der Waals surface area (Å²) in [6.07, 6.45) is 0.760. The van der Waals surface area contributed by atoms with Gasteiger partial charge in [-0.3, -0.25) is 0 Å². The standard InChI is InChI=1S/C69H94O4P2/c1-62(2,3)48-29-37-58(54(42-48)66(13,14)15)70-74(71-59-38-30-49(63(4,5)6)43-55(59)67(16,17)18)52-33-25-46(26-34-52)41-47-27-35-53(36-28-47)75(72-60-39-31-50(64(7,8)9)44-56(60)68(19,20)21)73-61-40-32-51(65(10,11)12)45-57(61)69(22,23)24/h25-40,42-45H,41H2,1-24H3. The van der Waals surface area contributed by atoms with Crippen LogP contribution in [-0.2, 0) is 49.7 Å². The van der Waals surface area contributed by atoms with Crippen LogP contribution in [0.3, 0.4) is 0 Å². The third-order valence-electron chi connectivity index (χ3n) is 14.0. The first kappa shape index (κ1) is 59.6. The van der Waals surface area contributed by atoms with Crippen LogP contribution in [0, 0.1) is 0 Å². The first-order valence-electron chi connectivity index (χ1n) is 27.3. The molecule has 6 rings (SSSR count). The molecular formula is C69H94O4P2. The van der Waals surface area contributed by atoms with Gasteiger partial charge in [-0.2, -0.15) is 0 Å². The smallest absolute Gasteiger partial charge is 0.326 e. The Kier molecular flexibility index (Phi) is 17.2. The van der Waals surface area contributed by atoms with Crippen LogP contribution in [0.1, 0.15) is 222 Å². The molecule has 0 aliphatic rings. The molecule has 0 aromatic heterocycles. The van der Waals surface area contributed by atoms with Crippen molar-refractivity contribution < 1.29 is 18.1 Å². The van der Waals surface area contributed by atoms with E-state index in [2.05, 4.69) is 287 Å². The molecule has 404 valence electrons. The Bertz CT molecular complexity index is 2550. The average Bonchev–Trinajstić information content (AvgIpc) is 3.26. The Morgan fingerprint density at radius 1 is 0.253 bits per heavy atom. The summed E-state index contributed by atoms with van der Waals surface area (Å²) in [5, 5.41) is 2.03. The number of hydrogen-bond acceptors (Lipinski definition) is 4. The lowest BCUT2D eigenvalue weighted by molar-refractivity contribution is 0.465. The molecule has 0 saturated heterocycles. The number of rotatable bonds is 12. The van der Waals surface area contributed by atoms with Gasteiger partial charge in [0.15, 0.2) is 0 Å². The molecule has 6 heteroatoms. The molecule has 0 bridgehead atoms. The Hall–Kier alpha value is -4.62. The van der Waals surface area contributed by atoms with Gasteiger partial charge in [-0.15, -0.1) is 0 Å². The van der Waals surface area contributed by atoms with Gasteiger partial charge in [0.1, 0.15) is 23.0 Å². The minimum atomic E-state index is -1.60. The second-order valence-corrected chi connectivity index (χ2v) is 32.0. The van der Waals surface area contributed by atoms with Crippen molar-refractivity contribution in [3.63, 3.8) is 0 Å². The van der Waals surface area contributed by atoms with Crippen LogP contribution in [0.15, 0.2) is 121 Å². The van der Waals surface area contributed by atoms with Crippen molar-refractivity contribution >= 4 is 27.4 Å². The van der Waals surface area contributed by atoms with Crippen LogP contribution in [0.4, 0.5) is 0 Å². The monoisotopic (exact) mass is 1050 g/mol. The van der Waals surface area contributed by atoms with E-state index in [-0.39, 0.29) is 43.3 Å². The summed E-state index contributed by atoms with van der Waals surface area (Å²) in [5.74, 6) is 3.43. The first-order chi connectivity index (χ1) is 34.2. The van der Waals surface area contributed by atoms with E-state index in [9.17, 15) is 0 Å². The van der Waals surface area contributed by atoms with Crippen molar-refractivity contribution in [1.29, 1.82) is 0 Å². The maximum Gasteiger partial charge on any atom is 0.326 e. The van der Waals surface area contributed by atoms with Gasteiger partial charge in [0.05, 0.1) is 10.6 Å². The average molecular weight is 1050 g/mol. The largest absolute Gasteiger partial charge is 0.435 e. The van der Waals surface area contributed by atoms with Gasteiger partial charge in [0, 0.05) is 22.3 Å². The zero-order valence-electron chi connectivity index (χ0n) is 50.8. The van der Waals surface area contributed by atoms with Gasteiger partial charge in [-0.25, -0.2) is 0 Å². The van der Waals surface area contributed by atoms with Crippen LogP contribution in [-0.4, -0.2) is 0 Å². The van der Waals surface area contributed by atoms with E-state index in [1.807, 2.05) is 0 Å². The molecule has 0 amide bonds. The van der Waals surface area contributed by atoms with Crippen molar-refractivity contribution in [1.82, 2.24) is 0 Å². The fraction of sp³-hybridized carbons (Fsp3) is 0.478. The van der Waals surface area contributed by atoms with Crippen LogP contribution in [0.25, 0.3) is 0 Å². The highest BCUT2D eigenvalue weighted by Gasteiger charge is 2.32. The molecule has 0 aliphatic carbocycles. The topological polar surface area (TPSA) is 36.9 Å². The summed E-state index contributed by atoms with van der Waals surface area (Å²) in [5.41, 5.74) is 11.6. The van der Waals surface area contributed by atoms with Gasteiger partial charge in [0.2, 0.25) is 0 Å². The van der Waals surface area contributed by atoms with Crippen molar-refractivity contribution in [2.45, 2.75) is 216 Å². The zero-order valence-corrected chi connectivity index (χ0v) is 52.6. The lowest BCUT2D eigenvalue weighted by Gasteiger charge is -2.30. The van der Waals surface area contributed by atoms with Gasteiger partial charge >= 0.3 is 16.8 Å². The second kappa shape index (κ2) is 21.7. The summed E-state index contributed by atoms with van der Waals surface area (Å²) < 4.78 is 28.7. The van der Waals surface area contributed by atoms with Crippen molar-refractivity contribution in [2.24, 2.45) is 0 Å². The van der Waals surface area contributed by atoms with E-state index in [1.54, 1.807) is 0 Å². The predicted molar refractivity (Wildman–Crippen MR) is 327 cm³/mol. The van der Waals surface area contributed by atoms with Gasteiger partial charge < -0.3 is 18.1 Å². The van der Waals surface area contributed by atoms with Crippen molar-refractivity contribution in [3.05, 3.63) is 177 Å². The highest BCUT2D eigenvalue weighted by molar-refractivity contribution is 7.57. The SMILES string of the molecule is CC(C)(C)c1ccc(OP(Oc2ccc(C(C)(C)C)cc2C(C)(C)C)c2ccc(Cc3ccc(P(Oc4ccc(C(C)(C)C)cc4C(C)(C)C)Oc4ccc(C(C)(C)C)cc4C(C)(C)C)cc3)cc2)c(C(C)(C)C)c1. The molecule has 6 aromatic rings. The summed E-state index contributed by atoms with van der Waals surface area (Å²) in [6, 6.07) is 44.6. The maximum atomic E-state index is 7.19. The fourth-order valence-corrected chi connectivity index (χ4v) is 11.6. The third-order valence-corrected chi connectivity index (χ3v) is 16.9. The summed E-state index contributed by atoms with van der Waals surface area (Å²) >= 11 is 0. The number of benzene rings is 6. The lowest BCUT2D eigenvalue weighted by atomic mass is 9.80. The molecule has 4 nitrogen and oxygen atoms in total. The molecule has 0 radical (unpaired) electrons. The Labute approximate surface area is 459 Å². The van der Waals surface area contributed by atoms with Crippen molar-refractivity contribution in [3.8, 4) is 23.0 Å². The summed E-state index contributed by atoms with van der Waals surface area (Å²) in [6.45, 7) is 54.4. The normalized spacial score (nSPS) is 13.4. The molecule has 0 spiro atoms. The summed E-state index contributed by atoms with van der Waals surface area (Å²) in [4.78, 5) is 0. The van der Waals surface area contributed by atoms with Crippen LogP contribution in [0.5, 0.6) is 23.0 Å². The minimum absolute atomic E-state index is 0.000634. The van der Waals surface area contributed by atoms with Gasteiger partial charge in [0.25, 0.3) is 0 Å². The quantitative estimate of drug-likeness (QED) is 0.114. The summed E-state index contributed by atoms with van der Waals surface area (Å²) in [7, 11) is -3.20. The molecule has 75 heavy (non-hydrogen) atoms. The maximum absolute atomic E-state index is 7.19. The third kappa shape index (κ3) is 15.3. The first-order valence-corrected chi connectivity index (χ1v) is 29.7. The highest BCUT2D eigenvalue weighted by atomic mass is 31.2. The molecule has 0 heterocycles. The molecule has 6 aromatic carbocycles. The Morgan fingerprint density at radius 2 is 0.453 bits per heavy atom. The molecular weight excluding hydrogens is 955 g/mol. The molecule has 0 unspecified atom stereocenters. The van der Waals surface area contributed by atoms with E-state index in [0.29, 0.717) is 0 Å². The lowest BCUT2D eigenvalue weighted by Crippen LogP contribution is -2.20. The molecule has 0 atom stereocenters. The molecule has 0 N–H and O–H groups in total. The van der Waals surface area contributed by atoms with E-state index < -0.39 is 16.8 Å². The van der Waals surface area contributed by atoms with Gasteiger partial charge in [-0.05, 0) is 132 Å². The second-order valence-electron chi connectivity index (χ2n) is 29.2. The van der Waals surface area contributed by atoms with Gasteiger partial charge in [-0.1, -0.05) is 239 Å². The fourth-order valence-electron chi connectivity index (χ4n) is 8.96. The highest BCUT2D eigenvalue weighted by Crippen LogP contribution is 2.49. The Balaban J connectivity index is 1.37. The van der Waals surface area contributed by atoms with E-state index in [4.69, 9.17) is 18.1 Å².